The van der Waals surface area contributed by atoms with Gasteiger partial charge < -0.3 is 10.4 Å². The number of benzene rings is 1. The highest BCUT2D eigenvalue weighted by Gasteiger charge is 2.22. The summed E-state index contributed by atoms with van der Waals surface area (Å²) in [6.07, 6.45) is 1.51. The van der Waals surface area contributed by atoms with Crippen LogP contribution < -0.4 is 10.6 Å². The summed E-state index contributed by atoms with van der Waals surface area (Å²) in [5, 5.41) is 14.0. The standard InChI is InChI=1S/C10H6Br2N2O3/c11-5-1-4(2-6(12)8(5)15)3-7-9(16)14-10(17)13-7/h1-3,15H,(H2,13,14,16,17)/b7-3+. The molecule has 0 unspecified atom stereocenters. The van der Waals surface area contributed by atoms with Crippen LogP contribution in [-0.2, 0) is 4.79 Å². The SMILES string of the molecule is O=C1NC(=O)/C(=C\c2cc(Br)c(O)c(Br)c2)N1. The predicted molar refractivity (Wildman–Crippen MR) is 68.2 cm³/mol. The number of carbonyl (C=O) groups is 2. The van der Waals surface area contributed by atoms with Crippen LogP contribution in [-0.4, -0.2) is 17.0 Å². The molecule has 17 heavy (non-hydrogen) atoms. The van der Waals surface area contributed by atoms with Gasteiger partial charge in [0.2, 0.25) is 0 Å². The van der Waals surface area contributed by atoms with Crippen LogP contribution in [0.25, 0.3) is 6.08 Å². The number of amides is 3. The molecule has 0 aliphatic carbocycles. The third-order valence-electron chi connectivity index (χ3n) is 2.07. The van der Waals surface area contributed by atoms with Crippen LogP contribution in [0.3, 0.4) is 0 Å². The molecule has 0 aromatic heterocycles. The number of aromatic hydroxyl groups is 1. The van der Waals surface area contributed by atoms with E-state index in [2.05, 4.69) is 42.5 Å². The van der Waals surface area contributed by atoms with Gasteiger partial charge in [0.05, 0.1) is 8.95 Å². The molecule has 0 radical (unpaired) electrons. The summed E-state index contributed by atoms with van der Waals surface area (Å²) in [4.78, 5) is 22.2. The zero-order chi connectivity index (χ0) is 12.6. The van der Waals surface area contributed by atoms with Gasteiger partial charge in [-0.3, -0.25) is 10.1 Å². The molecule has 1 heterocycles. The van der Waals surface area contributed by atoms with E-state index in [9.17, 15) is 14.7 Å². The minimum Gasteiger partial charge on any atom is -0.506 e. The van der Waals surface area contributed by atoms with E-state index < -0.39 is 11.9 Å². The smallest absolute Gasteiger partial charge is 0.326 e. The number of phenols is 1. The fourth-order valence-corrected chi connectivity index (χ4v) is 2.54. The molecule has 3 amide bonds. The van der Waals surface area contributed by atoms with Crippen molar-refractivity contribution in [2.75, 3.05) is 0 Å². The van der Waals surface area contributed by atoms with Crippen LogP contribution in [0.5, 0.6) is 5.75 Å². The second kappa shape index (κ2) is 4.50. The number of carbonyl (C=O) groups excluding carboxylic acids is 2. The Labute approximate surface area is 113 Å². The molecular weight excluding hydrogens is 356 g/mol. The molecule has 0 saturated carbocycles. The fourth-order valence-electron chi connectivity index (χ4n) is 1.32. The number of imide groups is 1. The maximum atomic E-state index is 11.3. The minimum absolute atomic E-state index is 0.0760. The average molecular weight is 362 g/mol. The first-order valence-electron chi connectivity index (χ1n) is 4.49. The third-order valence-corrected chi connectivity index (χ3v) is 3.28. The first kappa shape index (κ1) is 12.1. The summed E-state index contributed by atoms with van der Waals surface area (Å²) in [5.41, 5.74) is 0.827. The average Bonchev–Trinajstić information content (AvgIpc) is 2.54. The molecule has 1 aliphatic rings. The molecule has 0 spiro atoms. The lowest BCUT2D eigenvalue weighted by Crippen LogP contribution is -2.22. The zero-order valence-corrected chi connectivity index (χ0v) is 11.4. The highest BCUT2D eigenvalue weighted by Crippen LogP contribution is 2.33. The Morgan fingerprint density at radius 1 is 1.12 bits per heavy atom. The van der Waals surface area contributed by atoms with E-state index >= 15 is 0 Å². The Kier molecular flexibility index (Phi) is 3.21. The van der Waals surface area contributed by atoms with E-state index in [0.717, 1.165) is 0 Å². The van der Waals surface area contributed by atoms with Crippen molar-refractivity contribution in [3.05, 3.63) is 32.3 Å². The van der Waals surface area contributed by atoms with Crippen molar-refractivity contribution in [2.45, 2.75) is 0 Å². The first-order chi connectivity index (χ1) is 7.97. The number of halogens is 2. The summed E-state index contributed by atoms with van der Waals surface area (Å²) in [5.74, 6) is -0.401. The number of urea groups is 1. The summed E-state index contributed by atoms with van der Waals surface area (Å²) in [7, 11) is 0. The largest absolute Gasteiger partial charge is 0.506 e. The molecule has 1 aliphatic heterocycles. The van der Waals surface area contributed by atoms with Crippen LogP contribution in [0, 0.1) is 0 Å². The van der Waals surface area contributed by atoms with Gasteiger partial charge >= 0.3 is 6.03 Å². The van der Waals surface area contributed by atoms with Crippen molar-refractivity contribution in [2.24, 2.45) is 0 Å². The molecule has 1 saturated heterocycles. The second-order valence-electron chi connectivity index (χ2n) is 3.30. The number of rotatable bonds is 1. The van der Waals surface area contributed by atoms with Crippen molar-refractivity contribution in [1.82, 2.24) is 10.6 Å². The lowest BCUT2D eigenvalue weighted by atomic mass is 10.2. The molecule has 88 valence electrons. The topological polar surface area (TPSA) is 78.4 Å². The van der Waals surface area contributed by atoms with Gasteiger partial charge in [-0.2, -0.15) is 0 Å². The second-order valence-corrected chi connectivity index (χ2v) is 5.01. The molecule has 1 aromatic carbocycles. The zero-order valence-electron chi connectivity index (χ0n) is 8.25. The highest BCUT2D eigenvalue weighted by molar-refractivity contribution is 9.11. The molecular formula is C10H6Br2N2O3. The van der Waals surface area contributed by atoms with Gasteiger partial charge in [0.1, 0.15) is 11.4 Å². The molecule has 5 nitrogen and oxygen atoms in total. The van der Waals surface area contributed by atoms with Gasteiger partial charge in [-0.1, -0.05) is 0 Å². The van der Waals surface area contributed by atoms with Crippen LogP contribution >= 0.6 is 31.9 Å². The van der Waals surface area contributed by atoms with Crippen molar-refractivity contribution in [3.63, 3.8) is 0 Å². The fraction of sp³-hybridized carbons (Fsp3) is 0. The van der Waals surface area contributed by atoms with Gasteiger partial charge in [0.15, 0.2) is 0 Å². The van der Waals surface area contributed by atoms with E-state index in [0.29, 0.717) is 14.5 Å². The summed E-state index contributed by atoms with van der Waals surface area (Å²) >= 11 is 6.35. The normalized spacial score (nSPS) is 17.2. The van der Waals surface area contributed by atoms with Crippen molar-refractivity contribution >= 4 is 49.9 Å². The number of hydrogen-bond acceptors (Lipinski definition) is 3. The van der Waals surface area contributed by atoms with Gasteiger partial charge in [-0.15, -0.1) is 0 Å². The first-order valence-corrected chi connectivity index (χ1v) is 6.08. The van der Waals surface area contributed by atoms with Crippen LogP contribution in [0.2, 0.25) is 0 Å². The Morgan fingerprint density at radius 2 is 1.71 bits per heavy atom. The molecule has 3 N–H and O–H groups in total. The third kappa shape index (κ3) is 2.50. The van der Waals surface area contributed by atoms with E-state index in [4.69, 9.17) is 0 Å². The summed E-state index contributed by atoms with van der Waals surface area (Å²) in [6, 6.07) is 2.72. The van der Waals surface area contributed by atoms with E-state index in [-0.39, 0.29) is 11.4 Å². The van der Waals surface area contributed by atoms with Crippen molar-refractivity contribution in [3.8, 4) is 5.75 Å². The van der Waals surface area contributed by atoms with E-state index in [1.54, 1.807) is 12.1 Å². The van der Waals surface area contributed by atoms with Crippen molar-refractivity contribution < 1.29 is 14.7 Å². The van der Waals surface area contributed by atoms with Gasteiger partial charge in [0.25, 0.3) is 5.91 Å². The van der Waals surface area contributed by atoms with Crippen LogP contribution in [0.15, 0.2) is 26.8 Å². The maximum absolute atomic E-state index is 11.3. The Bertz CT molecular complexity index is 531. The molecule has 0 atom stereocenters. The van der Waals surface area contributed by atoms with Crippen molar-refractivity contribution in [1.29, 1.82) is 0 Å². The van der Waals surface area contributed by atoms with Crippen LogP contribution in [0.1, 0.15) is 5.56 Å². The monoisotopic (exact) mass is 360 g/mol. The Balaban J connectivity index is 2.40. The summed E-state index contributed by atoms with van der Waals surface area (Å²) in [6.45, 7) is 0. The van der Waals surface area contributed by atoms with Gasteiger partial charge in [-0.05, 0) is 55.6 Å². The Hall–Kier alpha value is -1.34. The minimum atomic E-state index is -0.543. The highest BCUT2D eigenvalue weighted by atomic mass is 79.9. The van der Waals surface area contributed by atoms with Gasteiger partial charge in [-0.25, -0.2) is 4.79 Å². The maximum Gasteiger partial charge on any atom is 0.326 e. The van der Waals surface area contributed by atoms with E-state index in [1.165, 1.54) is 6.08 Å². The summed E-state index contributed by atoms with van der Waals surface area (Å²) < 4.78 is 0.979. The lowest BCUT2D eigenvalue weighted by Gasteiger charge is -2.03. The predicted octanol–water partition coefficient (Wildman–Crippen LogP) is 2.10. The Morgan fingerprint density at radius 3 is 2.18 bits per heavy atom. The molecule has 0 bridgehead atoms. The lowest BCUT2D eigenvalue weighted by molar-refractivity contribution is -0.115. The molecule has 2 rings (SSSR count). The number of nitrogens with one attached hydrogen (secondary N) is 2. The van der Waals surface area contributed by atoms with Crippen LogP contribution in [0.4, 0.5) is 4.79 Å². The quantitative estimate of drug-likeness (QED) is 0.529. The molecule has 7 heteroatoms. The molecule has 1 fully saturated rings. The van der Waals surface area contributed by atoms with E-state index in [1.807, 2.05) is 0 Å². The molecule has 1 aromatic rings. The number of phenolic OH excluding ortho intramolecular Hbond substituents is 1. The number of hydrogen-bond donors (Lipinski definition) is 3. The van der Waals surface area contributed by atoms with Gasteiger partial charge in [0, 0.05) is 0 Å².